The summed E-state index contributed by atoms with van der Waals surface area (Å²) in [6, 6.07) is 23.3. The first kappa shape index (κ1) is 26.8. The smallest absolute Gasteiger partial charge is 0.250 e. The summed E-state index contributed by atoms with van der Waals surface area (Å²) in [7, 11) is 0. The van der Waals surface area contributed by atoms with Crippen LogP contribution in [0.4, 0.5) is 10.1 Å². The van der Waals surface area contributed by atoms with E-state index in [-0.39, 0.29) is 23.3 Å². The average Bonchev–Trinajstić information content (AvgIpc) is 3.21. The highest BCUT2D eigenvalue weighted by Gasteiger charge is 2.53. The van der Waals surface area contributed by atoms with E-state index in [1.807, 2.05) is 41.3 Å². The van der Waals surface area contributed by atoms with Crippen molar-refractivity contribution in [1.82, 2.24) is 9.80 Å². The molecule has 0 aliphatic carbocycles. The molecule has 2 aliphatic heterocycles. The Balaban J connectivity index is 1.25. The lowest BCUT2D eigenvalue weighted by atomic mass is 9.85. The van der Waals surface area contributed by atoms with Crippen LogP contribution in [0.5, 0.6) is 0 Å². The number of anilines is 1. The molecule has 2 saturated heterocycles. The van der Waals surface area contributed by atoms with Gasteiger partial charge in [-0.1, -0.05) is 36.4 Å². The molecule has 3 aromatic carbocycles. The van der Waals surface area contributed by atoms with Crippen molar-refractivity contribution in [2.45, 2.75) is 44.7 Å². The van der Waals surface area contributed by atoms with E-state index >= 15 is 0 Å². The van der Waals surface area contributed by atoms with Crippen LogP contribution in [0.2, 0.25) is 0 Å². The zero-order valence-corrected chi connectivity index (χ0v) is 22.3. The van der Waals surface area contributed by atoms with Gasteiger partial charge in [0.2, 0.25) is 5.91 Å². The minimum atomic E-state index is -0.611. The molecule has 5 rings (SSSR count). The van der Waals surface area contributed by atoms with Gasteiger partial charge in [0.1, 0.15) is 11.4 Å². The number of rotatable bonds is 9. The summed E-state index contributed by atoms with van der Waals surface area (Å²) in [5.41, 5.74) is 2.56. The number of hydrogen-bond acceptors (Lipinski definition) is 5. The van der Waals surface area contributed by atoms with Crippen molar-refractivity contribution >= 4 is 23.2 Å². The van der Waals surface area contributed by atoms with Crippen LogP contribution in [0.15, 0.2) is 78.9 Å². The van der Waals surface area contributed by atoms with Gasteiger partial charge in [-0.2, -0.15) is 0 Å². The van der Waals surface area contributed by atoms with Crippen LogP contribution in [-0.4, -0.2) is 59.1 Å². The van der Waals surface area contributed by atoms with Crippen molar-refractivity contribution in [2.24, 2.45) is 0 Å². The maximum absolute atomic E-state index is 14.0. The number of nitrogens with zero attached hydrogens (tertiary/aromatic N) is 3. The Bertz CT molecular complexity index is 1330. The second kappa shape index (κ2) is 11.5. The monoisotopic (exact) mass is 527 g/mol. The van der Waals surface area contributed by atoms with Gasteiger partial charge in [0.15, 0.2) is 11.6 Å². The van der Waals surface area contributed by atoms with Crippen LogP contribution in [0.1, 0.15) is 58.9 Å². The Labute approximate surface area is 229 Å². The maximum atomic E-state index is 14.0. The number of benzene rings is 3. The van der Waals surface area contributed by atoms with Gasteiger partial charge in [-0.05, 0) is 80.8 Å². The highest BCUT2D eigenvalue weighted by atomic mass is 19.1. The van der Waals surface area contributed by atoms with Crippen molar-refractivity contribution < 1.29 is 18.8 Å². The molecular formula is C32H34FN3O3. The molecular weight excluding hydrogens is 493 g/mol. The Morgan fingerprint density at radius 2 is 1.62 bits per heavy atom. The van der Waals surface area contributed by atoms with Gasteiger partial charge in [-0.25, -0.2) is 4.39 Å². The lowest BCUT2D eigenvalue weighted by Gasteiger charge is -2.43. The zero-order chi connectivity index (χ0) is 27.4. The van der Waals surface area contributed by atoms with Gasteiger partial charge in [0.05, 0.1) is 6.67 Å². The Morgan fingerprint density at radius 1 is 0.897 bits per heavy atom. The van der Waals surface area contributed by atoms with Gasteiger partial charge < -0.3 is 14.7 Å². The van der Waals surface area contributed by atoms with Gasteiger partial charge >= 0.3 is 0 Å². The normalized spacial score (nSPS) is 17.1. The van der Waals surface area contributed by atoms with E-state index in [9.17, 15) is 18.8 Å². The molecule has 1 spiro atoms. The zero-order valence-electron chi connectivity index (χ0n) is 22.3. The quantitative estimate of drug-likeness (QED) is 0.352. The summed E-state index contributed by atoms with van der Waals surface area (Å²) >= 11 is 0. The molecule has 0 radical (unpaired) electrons. The van der Waals surface area contributed by atoms with Crippen molar-refractivity contribution in [3.8, 4) is 0 Å². The van der Waals surface area contributed by atoms with E-state index in [4.69, 9.17) is 0 Å². The standard InChI is InChI=1S/C32H34FN3O3/c1-24(37)27-8-5-7-25(21-27)22-35-23-36(29-9-3-2-4-10-29)32(31(35)39)16-19-34(20-17-32)18-6-11-30(38)26-12-14-28(33)15-13-26/h2-5,7-10,12-15,21H,6,11,16-20,22-23H2,1H3. The van der Waals surface area contributed by atoms with Crippen molar-refractivity contribution in [1.29, 1.82) is 0 Å². The topological polar surface area (TPSA) is 60.9 Å². The van der Waals surface area contributed by atoms with Crippen molar-refractivity contribution in [2.75, 3.05) is 31.2 Å². The lowest BCUT2D eigenvalue weighted by Crippen LogP contribution is -2.56. The first-order valence-corrected chi connectivity index (χ1v) is 13.6. The minimum absolute atomic E-state index is 0.0127. The van der Waals surface area contributed by atoms with E-state index in [0.29, 0.717) is 43.6 Å². The summed E-state index contributed by atoms with van der Waals surface area (Å²) in [5, 5.41) is 0. The molecule has 0 saturated carbocycles. The number of carbonyl (C=O) groups excluding carboxylic acids is 3. The molecule has 6 nitrogen and oxygen atoms in total. The summed E-state index contributed by atoms with van der Waals surface area (Å²) in [6.07, 6.45) is 2.54. The molecule has 7 heteroatoms. The van der Waals surface area contributed by atoms with Gasteiger partial charge in [-0.3, -0.25) is 14.4 Å². The number of piperidine rings is 1. The largest absolute Gasteiger partial charge is 0.339 e. The van der Waals surface area contributed by atoms with Crippen LogP contribution in [-0.2, 0) is 11.3 Å². The number of Topliss-reactive ketones (excluding diaryl/α,β-unsaturated/α-hetero) is 2. The Kier molecular flexibility index (Phi) is 7.89. The van der Waals surface area contributed by atoms with Gasteiger partial charge in [-0.15, -0.1) is 0 Å². The second-order valence-electron chi connectivity index (χ2n) is 10.6. The SMILES string of the molecule is CC(=O)c1cccc(CN2CN(c3ccccc3)C3(CCN(CCCC(=O)c4ccc(F)cc4)CC3)C2=O)c1. The van der Waals surface area contributed by atoms with Gasteiger partial charge in [0.25, 0.3) is 0 Å². The number of hydrogen-bond donors (Lipinski definition) is 0. The molecule has 2 fully saturated rings. The molecule has 0 N–H and O–H groups in total. The molecule has 0 unspecified atom stereocenters. The van der Waals surface area contributed by atoms with Crippen LogP contribution in [0.25, 0.3) is 0 Å². The van der Waals surface area contributed by atoms with E-state index in [0.717, 1.165) is 37.3 Å². The van der Waals surface area contributed by atoms with E-state index in [1.54, 1.807) is 13.0 Å². The first-order chi connectivity index (χ1) is 18.9. The Morgan fingerprint density at radius 3 is 2.31 bits per heavy atom. The predicted octanol–water partition coefficient (Wildman–Crippen LogP) is 5.33. The highest BCUT2D eigenvalue weighted by Crippen LogP contribution is 2.40. The molecule has 0 bridgehead atoms. The predicted molar refractivity (Wildman–Crippen MR) is 149 cm³/mol. The summed E-state index contributed by atoms with van der Waals surface area (Å²) in [6.45, 7) is 4.84. The molecule has 2 aliphatic rings. The second-order valence-corrected chi connectivity index (χ2v) is 10.6. The highest BCUT2D eigenvalue weighted by molar-refractivity contribution is 5.96. The Hall–Kier alpha value is -3.84. The molecule has 2 heterocycles. The number of halogens is 1. The molecule has 0 aromatic heterocycles. The van der Waals surface area contributed by atoms with E-state index < -0.39 is 5.54 Å². The summed E-state index contributed by atoms with van der Waals surface area (Å²) in [5.74, 6) is -0.179. The van der Waals surface area contributed by atoms with E-state index in [2.05, 4.69) is 21.9 Å². The molecule has 202 valence electrons. The molecule has 0 atom stereocenters. The third kappa shape index (κ3) is 5.78. The van der Waals surface area contributed by atoms with Crippen molar-refractivity contribution in [3.63, 3.8) is 0 Å². The van der Waals surface area contributed by atoms with Gasteiger partial charge in [0, 0.05) is 42.9 Å². The van der Waals surface area contributed by atoms with Crippen molar-refractivity contribution in [3.05, 3.63) is 101 Å². The van der Waals surface area contributed by atoms with Crippen LogP contribution < -0.4 is 4.90 Å². The molecule has 3 aromatic rings. The fourth-order valence-electron chi connectivity index (χ4n) is 5.82. The molecule has 39 heavy (non-hydrogen) atoms. The lowest BCUT2D eigenvalue weighted by molar-refractivity contribution is -0.134. The molecule has 1 amide bonds. The van der Waals surface area contributed by atoms with Crippen LogP contribution in [0, 0.1) is 5.82 Å². The fourth-order valence-corrected chi connectivity index (χ4v) is 5.82. The third-order valence-corrected chi connectivity index (χ3v) is 8.02. The number of likely N-dealkylation sites (tertiary alicyclic amines) is 1. The minimum Gasteiger partial charge on any atom is -0.339 e. The average molecular weight is 528 g/mol. The number of carbonyl (C=O) groups is 3. The first-order valence-electron chi connectivity index (χ1n) is 13.6. The number of amides is 1. The number of ketones is 2. The third-order valence-electron chi connectivity index (χ3n) is 8.02. The number of para-hydroxylation sites is 1. The summed E-state index contributed by atoms with van der Waals surface area (Å²) in [4.78, 5) is 44.8. The maximum Gasteiger partial charge on any atom is 0.250 e. The van der Waals surface area contributed by atoms with Crippen LogP contribution in [0.3, 0.4) is 0 Å². The van der Waals surface area contributed by atoms with Crippen LogP contribution >= 0.6 is 0 Å². The summed E-state index contributed by atoms with van der Waals surface area (Å²) < 4.78 is 13.2. The van der Waals surface area contributed by atoms with E-state index in [1.165, 1.54) is 24.3 Å². The fraction of sp³-hybridized carbons (Fsp3) is 0.344.